The van der Waals surface area contributed by atoms with E-state index < -0.39 is 5.97 Å². The number of hydrogen-bond acceptors (Lipinski definition) is 2. The third-order valence-electron chi connectivity index (χ3n) is 2.15. The molecule has 1 atom stereocenters. The van der Waals surface area contributed by atoms with Gasteiger partial charge < -0.3 is 10.2 Å². The molecule has 0 aliphatic heterocycles. The lowest BCUT2D eigenvalue weighted by Crippen LogP contribution is -2.04. The topological polar surface area (TPSA) is 57.5 Å². The molecule has 0 fully saturated rings. The Morgan fingerprint density at radius 3 is 2.57 bits per heavy atom. The molecule has 0 aromatic heterocycles. The first-order valence-corrected chi connectivity index (χ1v) is 5.16. The Bertz CT molecular complexity index is 197. The van der Waals surface area contributed by atoms with Gasteiger partial charge in [0.05, 0.1) is 6.10 Å². The van der Waals surface area contributed by atoms with Gasteiger partial charge in [-0.1, -0.05) is 19.4 Å². The van der Waals surface area contributed by atoms with Gasteiger partial charge >= 0.3 is 5.97 Å². The number of aliphatic hydroxyl groups is 1. The Kier molecular flexibility index (Phi) is 7.11. The van der Waals surface area contributed by atoms with Gasteiger partial charge in [-0.15, -0.1) is 0 Å². The summed E-state index contributed by atoms with van der Waals surface area (Å²) in [5.41, 5.74) is 0.384. The lowest BCUT2D eigenvalue weighted by molar-refractivity contribution is -0.132. The highest BCUT2D eigenvalue weighted by atomic mass is 16.4. The Morgan fingerprint density at radius 1 is 1.43 bits per heavy atom. The number of carboxylic acid groups (broad SMARTS) is 1. The number of allylic oxidation sites excluding steroid dienone is 1. The monoisotopic (exact) mass is 200 g/mol. The summed E-state index contributed by atoms with van der Waals surface area (Å²) in [7, 11) is 0. The molecule has 0 bridgehead atoms. The summed E-state index contributed by atoms with van der Waals surface area (Å²) in [5.74, 6) is -0.862. The van der Waals surface area contributed by atoms with E-state index in [1.807, 2.05) is 6.92 Å². The minimum absolute atomic E-state index is 0.224. The van der Waals surface area contributed by atoms with Gasteiger partial charge in [0, 0.05) is 5.57 Å². The van der Waals surface area contributed by atoms with Crippen molar-refractivity contribution in [1.29, 1.82) is 0 Å². The standard InChI is InChI=1S/C11H20O3/c1-3-6-10(12)8-5-4-7-9(2)11(13)14/h7,10,12H,3-6,8H2,1-2H3,(H,13,14). The molecular formula is C11H20O3. The smallest absolute Gasteiger partial charge is 0.330 e. The lowest BCUT2D eigenvalue weighted by Gasteiger charge is -2.07. The second-order valence-corrected chi connectivity index (χ2v) is 3.57. The minimum atomic E-state index is -0.862. The molecule has 2 N–H and O–H groups in total. The van der Waals surface area contributed by atoms with Crippen molar-refractivity contribution in [2.75, 3.05) is 0 Å². The van der Waals surface area contributed by atoms with Gasteiger partial charge in [0.15, 0.2) is 0 Å². The van der Waals surface area contributed by atoms with Gasteiger partial charge in [0.1, 0.15) is 0 Å². The van der Waals surface area contributed by atoms with Crippen molar-refractivity contribution in [2.45, 2.75) is 52.1 Å². The molecule has 1 unspecified atom stereocenters. The summed E-state index contributed by atoms with van der Waals surface area (Å²) in [6, 6.07) is 0. The van der Waals surface area contributed by atoms with Gasteiger partial charge in [-0.3, -0.25) is 0 Å². The van der Waals surface area contributed by atoms with Crippen LogP contribution in [-0.2, 0) is 4.79 Å². The molecule has 82 valence electrons. The predicted octanol–water partition coefficient (Wildman–Crippen LogP) is 2.35. The third kappa shape index (κ3) is 6.66. The highest BCUT2D eigenvalue weighted by molar-refractivity contribution is 5.85. The summed E-state index contributed by atoms with van der Waals surface area (Å²) in [6.45, 7) is 3.63. The molecule has 0 aromatic carbocycles. The van der Waals surface area contributed by atoms with Crippen LogP contribution in [0, 0.1) is 0 Å². The van der Waals surface area contributed by atoms with Crippen molar-refractivity contribution in [2.24, 2.45) is 0 Å². The molecule has 0 saturated carbocycles. The van der Waals surface area contributed by atoms with Crippen molar-refractivity contribution in [3.63, 3.8) is 0 Å². The summed E-state index contributed by atoms with van der Waals surface area (Å²) in [4.78, 5) is 10.4. The number of rotatable bonds is 7. The van der Waals surface area contributed by atoms with Crippen LogP contribution < -0.4 is 0 Å². The van der Waals surface area contributed by atoms with Crippen molar-refractivity contribution < 1.29 is 15.0 Å². The van der Waals surface area contributed by atoms with E-state index in [4.69, 9.17) is 5.11 Å². The summed E-state index contributed by atoms with van der Waals surface area (Å²) < 4.78 is 0. The van der Waals surface area contributed by atoms with Crippen LogP contribution >= 0.6 is 0 Å². The highest BCUT2D eigenvalue weighted by Crippen LogP contribution is 2.08. The van der Waals surface area contributed by atoms with Crippen LogP contribution in [0.1, 0.15) is 46.0 Å². The summed E-state index contributed by atoms with van der Waals surface area (Å²) in [5, 5.41) is 17.9. The van der Waals surface area contributed by atoms with Crippen LogP contribution in [0.25, 0.3) is 0 Å². The van der Waals surface area contributed by atoms with Gasteiger partial charge in [-0.25, -0.2) is 4.79 Å². The SMILES string of the molecule is CCCC(O)CCCC=C(C)C(=O)O. The summed E-state index contributed by atoms with van der Waals surface area (Å²) >= 11 is 0. The molecular weight excluding hydrogens is 180 g/mol. The highest BCUT2D eigenvalue weighted by Gasteiger charge is 2.02. The van der Waals surface area contributed by atoms with E-state index in [0.717, 1.165) is 32.1 Å². The Balaban J connectivity index is 3.55. The molecule has 0 aliphatic carbocycles. The molecule has 0 aliphatic rings. The Labute approximate surface area is 85.4 Å². The van der Waals surface area contributed by atoms with Crippen LogP contribution in [0.2, 0.25) is 0 Å². The number of carbonyl (C=O) groups is 1. The van der Waals surface area contributed by atoms with Crippen LogP contribution in [0.15, 0.2) is 11.6 Å². The van der Waals surface area contributed by atoms with Gasteiger partial charge in [0.25, 0.3) is 0 Å². The maximum atomic E-state index is 10.4. The number of carboxylic acids is 1. The first-order chi connectivity index (χ1) is 6.57. The molecule has 3 heteroatoms. The second kappa shape index (κ2) is 7.56. The molecule has 0 radical (unpaired) electrons. The van der Waals surface area contributed by atoms with E-state index in [0.29, 0.717) is 5.57 Å². The fourth-order valence-electron chi connectivity index (χ4n) is 1.24. The number of aliphatic carboxylic acids is 1. The zero-order valence-electron chi connectivity index (χ0n) is 8.99. The molecule has 0 spiro atoms. The van der Waals surface area contributed by atoms with Crippen molar-refractivity contribution >= 4 is 5.97 Å². The maximum Gasteiger partial charge on any atom is 0.330 e. The minimum Gasteiger partial charge on any atom is -0.478 e. The predicted molar refractivity (Wildman–Crippen MR) is 56.2 cm³/mol. The van der Waals surface area contributed by atoms with E-state index >= 15 is 0 Å². The Hall–Kier alpha value is -0.830. The molecule has 0 aromatic rings. The number of aliphatic hydroxyl groups excluding tert-OH is 1. The van der Waals surface area contributed by atoms with E-state index in [-0.39, 0.29) is 6.10 Å². The molecule has 14 heavy (non-hydrogen) atoms. The van der Waals surface area contributed by atoms with Crippen LogP contribution in [0.4, 0.5) is 0 Å². The zero-order valence-corrected chi connectivity index (χ0v) is 8.99. The van der Waals surface area contributed by atoms with E-state index in [2.05, 4.69) is 0 Å². The van der Waals surface area contributed by atoms with Gasteiger partial charge in [-0.2, -0.15) is 0 Å². The van der Waals surface area contributed by atoms with Crippen LogP contribution in [0.3, 0.4) is 0 Å². The van der Waals surface area contributed by atoms with Crippen molar-refractivity contribution in [1.82, 2.24) is 0 Å². The quantitative estimate of drug-likeness (QED) is 0.490. The van der Waals surface area contributed by atoms with Crippen molar-refractivity contribution in [3.05, 3.63) is 11.6 Å². The Morgan fingerprint density at radius 2 is 2.07 bits per heavy atom. The number of unbranched alkanes of at least 4 members (excludes halogenated alkanes) is 1. The van der Waals surface area contributed by atoms with Gasteiger partial charge in [0.2, 0.25) is 0 Å². The fourth-order valence-corrected chi connectivity index (χ4v) is 1.24. The van der Waals surface area contributed by atoms with Crippen LogP contribution in [-0.4, -0.2) is 22.3 Å². The summed E-state index contributed by atoms with van der Waals surface area (Å²) in [6.07, 6.45) is 5.66. The fraction of sp³-hybridized carbons (Fsp3) is 0.727. The average molecular weight is 200 g/mol. The first-order valence-electron chi connectivity index (χ1n) is 5.16. The van der Waals surface area contributed by atoms with E-state index in [1.165, 1.54) is 0 Å². The average Bonchev–Trinajstić information content (AvgIpc) is 2.12. The van der Waals surface area contributed by atoms with Crippen molar-refractivity contribution in [3.8, 4) is 0 Å². The molecule has 0 saturated heterocycles. The van der Waals surface area contributed by atoms with Crippen LogP contribution in [0.5, 0.6) is 0 Å². The maximum absolute atomic E-state index is 10.4. The normalized spacial score (nSPS) is 14.1. The first kappa shape index (κ1) is 13.2. The molecule has 0 amide bonds. The lowest BCUT2D eigenvalue weighted by atomic mass is 10.1. The second-order valence-electron chi connectivity index (χ2n) is 3.57. The molecule has 3 nitrogen and oxygen atoms in total. The number of hydrogen-bond donors (Lipinski definition) is 2. The third-order valence-corrected chi connectivity index (χ3v) is 2.15. The molecule has 0 rings (SSSR count). The zero-order chi connectivity index (χ0) is 11.0. The van der Waals surface area contributed by atoms with E-state index in [9.17, 15) is 9.90 Å². The largest absolute Gasteiger partial charge is 0.478 e. The molecule has 0 heterocycles. The van der Waals surface area contributed by atoms with Gasteiger partial charge in [-0.05, 0) is 32.6 Å². The van der Waals surface area contributed by atoms with E-state index in [1.54, 1.807) is 13.0 Å².